The van der Waals surface area contributed by atoms with E-state index >= 15 is 0 Å². The summed E-state index contributed by atoms with van der Waals surface area (Å²) in [4.78, 5) is 0. The second-order valence-corrected chi connectivity index (χ2v) is 19.4. The fraction of sp³-hybridized carbons (Fsp3) is 0.154. The van der Waals surface area contributed by atoms with Crippen molar-refractivity contribution in [2.24, 2.45) is 0 Å². The van der Waals surface area contributed by atoms with Gasteiger partial charge in [0.1, 0.15) is 0 Å². The zero-order valence-electron chi connectivity index (χ0n) is 32.5. The first-order chi connectivity index (χ1) is 27.0. The Balaban J connectivity index is 1.34. The van der Waals surface area contributed by atoms with Gasteiger partial charge in [0.15, 0.2) is 0 Å². The van der Waals surface area contributed by atoms with Gasteiger partial charge in [-0.25, -0.2) is 0 Å². The maximum absolute atomic E-state index is 4.41. The van der Waals surface area contributed by atoms with Gasteiger partial charge < -0.3 is 9.13 Å². The third-order valence-corrected chi connectivity index (χ3v) is 13.9. The minimum Gasteiger partial charge on any atom is -0.308 e. The molecule has 2 nitrogen and oxygen atoms in total. The quantitative estimate of drug-likeness (QED) is 0.165. The van der Waals surface area contributed by atoms with Crippen molar-refractivity contribution in [3.8, 4) is 11.4 Å². The van der Waals surface area contributed by atoms with Crippen LogP contribution in [0.1, 0.15) is 52.7 Å². The summed E-state index contributed by atoms with van der Waals surface area (Å²) in [7, 11) is 0. The zero-order valence-corrected chi connectivity index (χ0v) is 34.9. The van der Waals surface area contributed by atoms with Gasteiger partial charge in [-0.15, -0.1) is 11.3 Å². The Morgan fingerprint density at radius 1 is 0.429 bits per heavy atom. The van der Waals surface area contributed by atoms with Crippen LogP contribution >= 0.6 is 27.3 Å². The molecule has 56 heavy (non-hydrogen) atoms. The lowest BCUT2D eigenvalue weighted by Crippen LogP contribution is -2.10. The molecule has 0 radical (unpaired) electrons. The summed E-state index contributed by atoms with van der Waals surface area (Å²) in [5.41, 5.74) is 9.87. The van der Waals surface area contributed by atoms with Crippen molar-refractivity contribution in [2.75, 3.05) is 0 Å². The van der Waals surface area contributed by atoms with Crippen LogP contribution in [0.15, 0.2) is 144 Å². The average Bonchev–Trinajstić information content (AvgIpc) is 3.83. The lowest BCUT2D eigenvalue weighted by atomic mass is 9.85. The highest BCUT2D eigenvalue weighted by atomic mass is 79.9. The average molecular weight is 806 g/mol. The van der Waals surface area contributed by atoms with Gasteiger partial charge in [0.2, 0.25) is 0 Å². The van der Waals surface area contributed by atoms with E-state index in [4.69, 9.17) is 0 Å². The Morgan fingerprint density at radius 3 is 1.66 bits per heavy atom. The predicted molar refractivity (Wildman–Crippen MR) is 248 cm³/mol. The third-order valence-electron chi connectivity index (χ3n) is 12.0. The fourth-order valence-corrected chi connectivity index (χ4v) is 10.9. The van der Waals surface area contributed by atoms with Gasteiger partial charge in [0, 0.05) is 41.7 Å². The first-order valence-corrected chi connectivity index (χ1v) is 21.1. The van der Waals surface area contributed by atoms with Crippen LogP contribution in [-0.2, 0) is 10.8 Å². The Kier molecular flexibility index (Phi) is 7.14. The topological polar surface area (TPSA) is 9.86 Å². The Bertz CT molecular complexity index is 3380. The maximum atomic E-state index is 4.41. The van der Waals surface area contributed by atoms with Crippen molar-refractivity contribution < 1.29 is 0 Å². The summed E-state index contributed by atoms with van der Waals surface area (Å²) in [5.74, 6) is 0. The van der Waals surface area contributed by atoms with E-state index in [0.29, 0.717) is 0 Å². The fourth-order valence-electron chi connectivity index (χ4n) is 9.13. The highest BCUT2D eigenvalue weighted by molar-refractivity contribution is 9.10. The summed E-state index contributed by atoms with van der Waals surface area (Å²) in [6.07, 6.45) is 0. The van der Waals surface area contributed by atoms with Gasteiger partial charge in [-0.05, 0) is 114 Å². The largest absolute Gasteiger partial charge is 0.308 e. The standard InChI is InChI=1S/C52H41BrN2S/c1-51(2,3)33-20-23-40-37(27-33)38-28-34(52(4,5)6)21-24-41(38)55(40)50-48-36-17-11-12-18-45(36)56-46(48)29-44(49(50)53)54-42-22-19-30-13-9-10-16-35(30)47(42)39-25-31-14-7-8-15-32(31)26-43(39)54/h7-29H,1-6H3. The van der Waals surface area contributed by atoms with Crippen LogP contribution in [0, 0.1) is 0 Å². The first-order valence-electron chi connectivity index (χ1n) is 19.5. The van der Waals surface area contributed by atoms with Crippen molar-refractivity contribution in [1.29, 1.82) is 0 Å². The molecular weight excluding hydrogens is 765 g/mol. The molecule has 3 aromatic heterocycles. The van der Waals surface area contributed by atoms with Gasteiger partial charge in [-0.2, -0.15) is 0 Å². The number of hydrogen-bond donors (Lipinski definition) is 0. The molecule has 0 bridgehead atoms. The number of thiophene rings is 1. The highest BCUT2D eigenvalue weighted by Crippen LogP contribution is 2.49. The molecule has 0 N–H and O–H groups in total. The number of rotatable bonds is 2. The van der Waals surface area contributed by atoms with E-state index in [1.165, 1.54) is 102 Å². The second-order valence-electron chi connectivity index (χ2n) is 17.6. The van der Waals surface area contributed by atoms with Crippen LogP contribution < -0.4 is 0 Å². The highest BCUT2D eigenvalue weighted by Gasteiger charge is 2.27. The summed E-state index contributed by atoms with van der Waals surface area (Å²) in [6, 6.07) is 52.6. The second kappa shape index (κ2) is 11.8. The Morgan fingerprint density at radius 2 is 1.00 bits per heavy atom. The number of fused-ring (bicyclic) bond motifs is 12. The molecule has 11 rings (SSSR count). The third kappa shape index (κ3) is 4.85. The Labute approximate surface area is 338 Å². The molecule has 0 aliphatic carbocycles. The summed E-state index contributed by atoms with van der Waals surface area (Å²) < 4.78 is 8.70. The number of halogens is 1. The molecule has 0 fully saturated rings. The SMILES string of the molecule is CC(C)(C)c1ccc2c(c1)c1cc(C(C)(C)C)ccc1n2-c1c(Br)c(-n2c3cc4ccccc4cc3c3c4ccccc4ccc32)cc2sc3ccccc3c12. The summed E-state index contributed by atoms with van der Waals surface area (Å²) in [6.45, 7) is 13.9. The van der Waals surface area contributed by atoms with Crippen molar-refractivity contribution in [3.63, 3.8) is 0 Å². The van der Waals surface area contributed by atoms with Gasteiger partial charge in [0.25, 0.3) is 0 Å². The van der Waals surface area contributed by atoms with Crippen molar-refractivity contribution >= 4 is 113 Å². The molecule has 0 aliphatic rings. The van der Waals surface area contributed by atoms with Crippen LogP contribution in [-0.4, -0.2) is 9.13 Å². The molecule has 272 valence electrons. The number of hydrogen-bond acceptors (Lipinski definition) is 1. The smallest absolute Gasteiger partial charge is 0.0718 e. The molecule has 0 saturated carbocycles. The molecule has 0 unspecified atom stereocenters. The molecule has 8 aromatic carbocycles. The van der Waals surface area contributed by atoms with Crippen molar-refractivity contribution in [1.82, 2.24) is 9.13 Å². The Hall–Kier alpha value is -5.42. The van der Waals surface area contributed by atoms with Crippen LogP contribution in [0.3, 0.4) is 0 Å². The molecule has 0 saturated heterocycles. The number of nitrogens with zero attached hydrogens (tertiary/aromatic N) is 2. The molecule has 3 heterocycles. The zero-order chi connectivity index (χ0) is 38.2. The lowest BCUT2D eigenvalue weighted by Gasteiger charge is -2.20. The van der Waals surface area contributed by atoms with Gasteiger partial charge >= 0.3 is 0 Å². The molecule has 4 heteroatoms. The molecular formula is C52H41BrN2S. The molecule has 0 aliphatic heterocycles. The summed E-state index contributed by atoms with van der Waals surface area (Å²) in [5, 5.41) is 12.7. The van der Waals surface area contributed by atoms with Crippen LogP contribution in [0.4, 0.5) is 0 Å². The first kappa shape index (κ1) is 33.9. The van der Waals surface area contributed by atoms with E-state index in [0.717, 1.165) is 10.2 Å². The minimum absolute atomic E-state index is 0.0203. The minimum atomic E-state index is 0.0203. The predicted octanol–water partition coefficient (Wildman–Crippen LogP) is 15.9. The van der Waals surface area contributed by atoms with Crippen LogP contribution in [0.5, 0.6) is 0 Å². The van der Waals surface area contributed by atoms with Gasteiger partial charge in [0.05, 0.1) is 37.9 Å². The monoisotopic (exact) mass is 804 g/mol. The summed E-state index contributed by atoms with van der Waals surface area (Å²) >= 11 is 6.30. The molecule has 0 atom stereocenters. The van der Waals surface area contributed by atoms with Crippen molar-refractivity contribution in [3.05, 3.63) is 155 Å². The van der Waals surface area contributed by atoms with Crippen molar-refractivity contribution in [2.45, 2.75) is 52.4 Å². The maximum Gasteiger partial charge on any atom is 0.0718 e. The van der Waals surface area contributed by atoms with E-state index in [9.17, 15) is 0 Å². The normalized spacial score (nSPS) is 12.9. The lowest BCUT2D eigenvalue weighted by molar-refractivity contribution is 0.590. The molecule has 0 amide bonds. The van der Waals surface area contributed by atoms with Gasteiger partial charge in [-0.1, -0.05) is 126 Å². The van der Waals surface area contributed by atoms with Gasteiger partial charge in [-0.3, -0.25) is 0 Å². The van der Waals surface area contributed by atoms with Crippen LogP contribution in [0.2, 0.25) is 0 Å². The number of benzene rings is 8. The molecule has 0 spiro atoms. The number of aromatic nitrogens is 2. The van der Waals surface area contributed by atoms with E-state index in [1.807, 2.05) is 11.3 Å². The van der Waals surface area contributed by atoms with E-state index in [2.05, 4.69) is 206 Å². The van der Waals surface area contributed by atoms with E-state index in [1.54, 1.807) is 0 Å². The van der Waals surface area contributed by atoms with Crippen LogP contribution in [0.25, 0.3) is 96.7 Å². The van der Waals surface area contributed by atoms with E-state index < -0.39 is 0 Å². The molecule has 11 aromatic rings. The van der Waals surface area contributed by atoms with E-state index in [-0.39, 0.29) is 10.8 Å².